The van der Waals surface area contributed by atoms with E-state index in [0.29, 0.717) is 31.0 Å². The van der Waals surface area contributed by atoms with Crippen molar-refractivity contribution in [1.82, 2.24) is 4.90 Å². The number of carbonyl (C=O) groups is 1. The lowest BCUT2D eigenvalue weighted by molar-refractivity contribution is -0.123. The quantitative estimate of drug-likeness (QED) is 0.744. The van der Waals surface area contributed by atoms with E-state index in [1.54, 1.807) is 18.2 Å². The Morgan fingerprint density at radius 3 is 2.71 bits per heavy atom. The molecule has 3 heterocycles. The summed E-state index contributed by atoms with van der Waals surface area (Å²) in [7, 11) is -3.65. The molecule has 6 nitrogen and oxygen atoms in total. The molecule has 1 saturated heterocycles. The minimum atomic E-state index is -3.65. The number of amidine groups is 1. The van der Waals surface area contributed by atoms with Crippen LogP contribution in [-0.2, 0) is 21.2 Å². The third-order valence-corrected chi connectivity index (χ3v) is 7.16. The third-order valence-electron chi connectivity index (χ3n) is 5.84. The summed E-state index contributed by atoms with van der Waals surface area (Å²) in [5.74, 6) is 0.456. The number of sulfonamides is 1. The zero-order chi connectivity index (χ0) is 19.3. The van der Waals surface area contributed by atoms with Gasteiger partial charge >= 0.3 is 0 Å². The zero-order valence-electron chi connectivity index (χ0n) is 15.4. The molecule has 1 fully saturated rings. The fourth-order valence-electron chi connectivity index (χ4n) is 4.48. The molecule has 1 atom stereocenters. The van der Waals surface area contributed by atoms with E-state index in [-0.39, 0.29) is 16.7 Å². The normalized spacial score (nSPS) is 22.6. The second kappa shape index (κ2) is 6.44. The van der Waals surface area contributed by atoms with Crippen molar-refractivity contribution in [3.63, 3.8) is 0 Å². The van der Waals surface area contributed by atoms with Gasteiger partial charge in [0.25, 0.3) is 10.0 Å². The number of fused-ring (bicyclic) bond motifs is 2. The summed E-state index contributed by atoms with van der Waals surface area (Å²) in [6.45, 7) is 1.93. The Hall–Kier alpha value is -2.67. The minimum Gasteiger partial charge on any atom is -0.355 e. The average molecular weight is 395 g/mol. The maximum atomic E-state index is 13.2. The van der Waals surface area contributed by atoms with Crippen LogP contribution < -0.4 is 4.90 Å². The largest absolute Gasteiger partial charge is 0.355 e. The number of benzene rings is 2. The van der Waals surface area contributed by atoms with Gasteiger partial charge in [0.1, 0.15) is 4.90 Å². The van der Waals surface area contributed by atoms with Crippen molar-refractivity contribution in [3.8, 4) is 0 Å². The van der Waals surface area contributed by atoms with Crippen LogP contribution in [0.1, 0.15) is 24.0 Å². The number of para-hydroxylation sites is 1. The number of piperidine rings is 1. The maximum absolute atomic E-state index is 13.2. The third kappa shape index (κ3) is 2.73. The monoisotopic (exact) mass is 395 g/mol. The fourth-order valence-corrected chi connectivity index (χ4v) is 5.70. The summed E-state index contributed by atoms with van der Waals surface area (Å²) in [5, 5.41) is 0. The van der Waals surface area contributed by atoms with Gasteiger partial charge in [-0.15, -0.1) is 4.40 Å². The molecule has 7 heteroatoms. The Morgan fingerprint density at radius 2 is 1.82 bits per heavy atom. The van der Waals surface area contributed by atoms with Gasteiger partial charge in [-0.05, 0) is 43.0 Å². The lowest BCUT2D eigenvalue weighted by Crippen LogP contribution is -2.46. The van der Waals surface area contributed by atoms with Crippen molar-refractivity contribution in [2.24, 2.45) is 10.3 Å². The predicted molar refractivity (Wildman–Crippen MR) is 107 cm³/mol. The van der Waals surface area contributed by atoms with E-state index in [0.717, 1.165) is 24.9 Å². The highest BCUT2D eigenvalue weighted by molar-refractivity contribution is 7.90. The van der Waals surface area contributed by atoms with Crippen molar-refractivity contribution < 1.29 is 13.2 Å². The molecule has 0 spiro atoms. The Kier molecular flexibility index (Phi) is 4.01. The fraction of sp³-hybridized carbons (Fsp3) is 0.333. The zero-order valence-corrected chi connectivity index (χ0v) is 16.2. The second-order valence-electron chi connectivity index (χ2n) is 7.54. The Bertz CT molecular complexity index is 1090. The average Bonchev–Trinajstić information content (AvgIpc) is 3.27. The smallest absolute Gasteiger partial charge is 0.285 e. The van der Waals surface area contributed by atoms with Crippen molar-refractivity contribution >= 4 is 27.5 Å². The van der Waals surface area contributed by atoms with Crippen LogP contribution in [0.25, 0.3) is 0 Å². The van der Waals surface area contributed by atoms with E-state index < -0.39 is 10.0 Å². The second-order valence-corrected chi connectivity index (χ2v) is 9.11. The molecule has 5 rings (SSSR count). The van der Waals surface area contributed by atoms with Crippen LogP contribution in [0.3, 0.4) is 0 Å². The van der Waals surface area contributed by atoms with Crippen molar-refractivity contribution in [3.05, 3.63) is 59.7 Å². The Labute approximate surface area is 164 Å². The summed E-state index contributed by atoms with van der Waals surface area (Å²) in [4.78, 5) is 17.4. The molecule has 0 aliphatic carbocycles. The number of hydrogen-bond donors (Lipinski definition) is 0. The van der Waals surface area contributed by atoms with E-state index >= 15 is 0 Å². The van der Waals surface area contributed by atoms with Crippen LogP contribution in [0.15, 0.2) is 57.8 Å². The Balaban J connectivity index is 1.40. The number of rotatable bonds is 1. The van der Waals surface area contributed by atoms with Crippen molar-refractivity contribution in [2.75, 3.05) is 24.5 Å². The molecule has 0 N–H and O–H groups in total. The van der Waals surface area contributed by atoms with E-state index in [4.69, 9.17) is 0 Å². The van der Waals surface area contributed by atoms with E-state index in [2.05, 4.69) is 10.5 Å². The van der Waals surface area contributed by atoms with Crippen LogP contribution in [0.5, 0.6) is 0 Å². The highest BCUT2D eigenvalue weighted by atomic mass is 32.2. The molecule has 2 aromatic rings. The van der Waals surface area contributed by atoms with Gasteiger partial charge < -0.3 is 9.80 Å². The summed E-state index contributed by atoms with van der Waals surface area (Å²) in [6, 6.07) is 15.0. The summed E-state index contributed by atoms with van der Waals surface area (Å²) in [6.07, 6.45) is 2.54. The molecule has 1 amide bonds. The van der Waals surface area contributed by atoms with Crippen molar-refractivity contribution in [1.29, 1.82) is 0 Å². The van der Waals surface area contributed by atoms with Gasteiger partial charge in [-0.25, -0.2) is 0 Å². The van der Waals surface area contributed by atoms with Crippen LogP contribution in [0, 0.1) is 5.92 Å². The molecule has 0 aromatic heterocycles. The van der Waals surface area contributed by atoms with E-state index in [9.17, 15) is 13.2 Å². The molecule has 0 bridgehead atoms. The van der Waals surface area contributed by atoms with Gasteiger partial charge in [0.15, 0.2) is 5.84 Å². The molecule has 3 aliphatic heterocycles. The molecule has 0 saturated carbocycles. The van der Waals surface area contributed by atoms with E-state index in [1.165, 1.54) is 5.56 Å². The first-order valence-corrected chi connectivity index (χ1v) is 11.1. The van der Waals surface area contributed by atoms with Crippen LogP contribution >= 0.6 is 0 Å². The molecular weight excluding hydrogens is 374 g/mol. The summed E-state index contributed by atoms with van der Waals surface area (Å²) >= 11 is 0. The van der Waals surface area contributed by atoms with Crippen LogP contribution in [0.2, 0.25) is 0 Å². The van der Waals surface area contributed by atoms with Gasteiger partial charge in [0.05, 0.1) is 5.92 Å². The molecular formula is C21H21N3O3S. The number of nitrogens with zero attached hydrogens (tertiary/aromatic N) is 3. The minimum absolute atomic E-state index is 0.129. The molecule has 1 unspecified atom stereocenters. The highest BCUT2D eigenvalue weighted by Crippen LogP contribution is 2.33. The number of carbonyl (C=O) groups excluding carboxylic acids is 1. The maximum Gasteiger partial charge on any atom is 0.285 e. The number of likely N-dealkylation sites (tertiary alicyclic amines) is 1. The first-order chi connectivity index (χ1) is 13.5. The summed E-state index contributed by atoms with van der Waals surface area (Å²) < 4.78 is 28.8. The Morgan fingerprint density at radius 1 is 1.04 bits per heavy atom. The van der Waals surface area contributed by atoms with Crippen molar-refractivity contribution in [2.45, 2.75) is 24.2 Å². The first-order valence-electron chi connectivity index (χ1n) is 9.63. The summed E-state index contributed by atoms with van der Waals surface area (Å²) in [5.41, 5.74) is 2.86. The van der Waals surface area contributed by atoms with Gasteiger partial charge in [-0.2, -0.15) is 8.42 Å². The molecule has 3 aliphatic rings. The standard InChI is InChI=1S/C21H21N3O3S/c25-21(24-13-11-15-6-1-3-9-18(15)24)16-7-5-12-23(14-16)20-17-8-2-4-10-19(17)28(26,27)22-20/h1-4,6,8-10,16H,5,7,11-14H2. The van der Waals surface area contributed by atoms with Gasteiger partial charge in [0.2, 0.25) is 5.91 Å². The topological polar surface area (TPSA) is 70.0 Å². The first kappa shape index (κ1) is 17.4. The lowest BCUT2D eigenvalue weighted by atomic mass is 9.95. The van der Waals surface area contributed by atoms with Crippen LogP contribution in [0.4, 0.5) is 5.69 Å². The molecule has 144 valence electrons. The molecule has 28 heavy (non-hydrogen) atoms. The number of amides is 1. The highest BCUT2D eigenvalue weighted by Gasteiger charge is 2.37. The van der Waals surface area contributed by atoms with E-state index in [1.807, 2.05) is 34.1 Å². The predicted octanol–water partition coefficient (Wildman–Crippen LogP) is 2.44. The molecule has 0 radical (unpaired) electrons. The lowest BCUT2D eigenvalue weighted by Gasteiger charge is -2.35. The van der Waals surface area contributed by atoms with Gasteiger partial charge in [-0.3, -0.25) is 4.79 Å². The van der Waals surface area contributed by atoms with Gasteiger partial charge in [0, 0.05) is 30.9 Å². The van der Waals surface area contributed by atoms with Crippen LogP contribution in [-0.4, -0.2) is 44.7 Å². The number of hydrogen-bond acceptors (Lipinski definition) is 4. The SMILES string of the molecule is O=C(C1CCCN(C2=NS(=O)(=O)c3ccccc32)C1)N1CCc2ccccc21. The van der Waals surface area contributed by atoms with Gasteiger partial charge in [-0.1, -0.05) is 30.3 Å². The molecule has 2 aromatic carbocycles. The number of anilines is 1.